The van der Waals surface area contributed by atoms with Crippen LogP contribution in [0.1, 0.15) is 30.9 Å². The Kier molecular flexibility index (Phi) is 6.55. The fourth-order valence-electron chi connectivity index (χ4n) is 4.41. The largest absolute Gasteiger partial charge is 0.457 e. The number of halogens is 1. The Labute approximate surface area is 208 Å². The first kappa shape index (κ1) is 22.8. The first-order valence-corrected chi connectivity index (χ1v) is 12.7. The number of likely N-dealkylation sites (N-methyl/N-ethyl adjacent to an activating group) is 1. The lowest BCUT2D eigenvalue weighted by Gasteiger charge is -2.32. The molecular formula is C27H26ClN3O2S. The highest BCUT2D eigenvalue weighted by Crippen LogP contribution is 2.45. The van der Waals surface area contributed by atoms with Crippen molar-refractivity contribution in [2.24, 2.45) is 0 Å². The van der Waals surface area contributed by atoms with Crippen LogP contribution in [0.5, 0.6) is 11.5 Å². The molecule has 0 atom stereocenters. The number of amides is 1. The molecule has 1 aliphatic heterocycles. The van der Waals surface area contributed by atoms with Crippen molar-refractivity contribution < 1.29 is 9.53 Å². The van der Waals surface area contributed by atoms with E-state index in [1.807, 2.05) is 71.6 Å². The van der Waals surface area contributed by atoms with Gasteiger partial charge >= 0.3 is 0 Å². The summed E-state index contributed by atoms with van der Waals surface area (Å²) in [6.07, 6.45) is 0. The number of anilines is 1. The van der Waals surface area contributed by atoms with Gasteiger partial charge in [-0.2, -0.15) is 0 Å². The summed E-state index contributed by atoms with van der Waals surface area (Å²) >= 11 is 7.72. The Hall–Kier alpha value is -2.93. The van der Waals surface area contributed by atoms with Crippen LogP contribution in [0, 0.1) is 0 Å². The van der Waals surface area contributed by atoms with Crippen molar-refractivity contribution in [3.8, 4) is 11.5 Å². The summed E-state index contributed by atoms with van der Waals surface area (Å²) in [5, 5.41) is 1.35. The van der Waals surface area contributed by atoms with Gasteiger partial charge in [-0.3, -0.25) is 9.69 Å². The summed E-state index contributed by atoms with van der Waals surface area (Å²) in [6.45, 7) is 7.45. The van der Waals surface area contributed by atoms with Crippen LogP contribution in [-0.2, 0) is 4.79 Å². The predicted octanol–water partition coefficient (Wildman–Crippen LogP) is 6.56. The van der Waals surface area contributed by atoms with E-state index < -0.39 is 5.92 Å². The minimum Gasteiger partial charge on any atom is -0.457 e. The molecule has 4 aromatic rings. The van der Waals surface area contributed by atoms with Gasteiger partial charge in [-0.05, 0) is 43.4 Å². The van der Waals surface area contributed by atoms with E-state index >= 15 is 0 Å². The fourth-order valence-corrected chi connectivity index (χ4v) is 5.69. The Morgan fingerprint density at radius 2 is 1.62 bits per heavy atom. The summed E-state index contributed by atoms with van der Waals surface area (Å²) in [4.78, 5) is 23.3. The van der Waals surface area contributed by atoms with Gasteiger partial charge in [-0.1, -0.05) is 73.2 Å². The zero-order chi connectivity index (χ0) is 23.7. The van der Waals surface area contributed by atoms with Gasteiger partial charge in [0, 0.05) is 29.2 Å². The molecule has 0 aliphatic carbocycles. The molecule has 0 saturated heterocycles. The van der Waals surface area contributed by atoms with Gasteiger partial charge in [0.2, 0.25) is 5.91 Å². The van der Waals surface area contributed by atoms with E-state index in [0.29, 0.717) is 16.7 Å². The second kappa shape index (κ2) is 9.74. The average Bonchev–Trinajstić information content (AvgIpc) is 3.27. The van der Waals surface area contributed by atoms with Gasteiger partial charge in [0.05, 0.1) is 16.1 Å². The molecule has 0 fully saturated rings. The quantitative estimate of drug-likeness (QED) is 0.293. The van der Waals surface area contributed by atoms with Gasteiger partial charge in [-0.25, -0.2) is 4.98 Å². The fraction of sp³-hybridized carbons (Fsp3) is 0.259. The number of ether oxygens (including phenoxy) is 1. The van der Waals surface area contributed by atoms with E-state index in [9.17, 15) is 4.79 Å². The lowest BCUT2D eigenvalue weighted by atomic mass is 9.87. The van der Waals surface area contributed by atoms with E-state index in [4.69, 9.17) is 21.3 Å². The average molecular weight is 492 g/mol. The molecule has 1 amide bonds. The third kappa shape index (κ3) is 4.29. The highest BCUT2D eigenvalue weighted by molar-refractivity contribution is 7.22. The molecular weight excluding hydrogens is 466 g/mol. The van der Waals surface area contributed by atoms with Crippen molar-refractivity contribution in [1.82, 2.24) is 9.88 Å². The van der Waals surface area contributed by atoms with Crippen LogP contribution in [0.25, 0.3) is 10.2 Å². The van der Waals surface area contributed by atoms with E-state index in [0.717, 1.165) is 52.5 Å². The molecule has 5 nitrogen and oxygen atoms in total. The van der Waals surface area contributed by atoms with E-state index in [-0.39, 0.29) is 5.91 Å². The van der Waals surface area contributed by atoms with Gasteiger partial charge in [0.25, 0.3) is 0 Å². The van der Waals surface area contributed by atoms with Crippen molar-refractivity contribution in [2.75, 3.05) is 31.1 Å². The number of carbonyl (C=O) groups is 1. The number of benzene rings is 3. The minimum absolute atomic E-state index is 0.000471. The number of fused-ring (bicyclic) bond motifs is 3. The third-order valence-corrected chi connectivity index (χ3v) is 7.57. The van der Waals surface area contributed by atoms with Crippen molar-refractivity contribution in [3.05, 3.63) is 82.9 Å². The van der Waals surface area contributed by atoms with E-state index in [2.05, 4.69) is 18.7 Å². The lowest BCUT2D eigenvalue weighted by molar-refractivity contribution is -0.119. The standard InChI is InChI=1S/C27H26ClN3O2S/c1-3-30(4-2)15-16-31(27-29-21-14-13-18(28)17-24(21)34-27)26(32)25-19-9-5-7-11-22(19)33-23-12-8-6-10-20(23)25/h5-14,17,25H,3-4,15-16H2,1-2H3. The first-order valence-electron chi connectivity index (χ1n) is 11.5. The van der Waals surface area contributed by atoms with Gasteiger partial charge < -0.3 is 9.64 Å². The summed E-state index contributed by atoms with van der Waals surface area (Å²) in [7, 11) is 0. The van der Waals surface area contributed by atoms with E-state index in [1.165, 1.54) is 11.3 Å². The normalized spacial score (nSPS) is 12.9. The molecule has 2 heterocycles. The highest BCUT2D eigenvalue weighted by atomic mass is 35.5. The molecule has 5 rings (SSSR count). The highest BCUT2D eigenvalue weighted by Gasteiger charge is 2.36. The second-order valence-electron chi connectivity index (χ2n) is 8.24. The smallest absolute Gasteiger partial charge is 0.241 e. The molecule has 1 aromatic heterocycles. The predicted molar refractivity (Wildman–Crippen MR) is 140 cm³/mol. The number of hydrogen-bond donors (Lipinski definition) is 0. The molecule has 34 heavy (non-hydrogen) atoms. The van der Waals surface area contributed by atoms with Gasteiger partial charge in [0.15, 0.2) is 5.13 Å². The Balaban J connectivity index is 1.59. The second-order valence-corrected chi connectivity index (χ2v) is 9.68. The SMILES string of the molecule is CCN(CC)CCN(C(=O)C1c2ccccc2Oc2ccccc21)c1nc2ccc(Cl)cc2s1. The minimum atomic E-state index is -0.464. The number of hydrogen-bond acceptors (Lipinski definition) is 5. The monoisotopic (exact) mass is 491 g/mol. The Bertz CT molecular complexity index is 1290. The van der Waals surface area contributed by atoms with Crippen molar-refractivity contribution in [3.63, 3.8) is 0 Å². The molecule has 0 saturated carbocycles. The maximum atomic E-state index is 14.3. The number of rotatable bonds is 7. The number of carbonyl (C=O) groups excluding carboxylic acids is 1. The van der Waals surface area contributed by atoms with Crippen molar-refractivity contribution in [2.45, 2.75) is 19.8 Å². The lowest BCUT2D eigenvalue weighted by Crippen LogP contribution is -2.42. The third-order valence-electron chi connectivity index (χ3n) is 6.30. The molecule has 0 unspecified atom stereocenters. The number of thiazole rings is 1. The zero-order valence-electron chi connectivity index (χ0n) is 19.2. The summed E-state index contributed by atoms with van der Waals surface area (Å²) in [5.41, 5.74) is 2.60. The van der Waals surface area contributed by atoms with Crippen LogP contribution < -0.4 is 9.64 Å². The maximum absolute atomic E-state index is 14.3. The van der Waals surface area contributed by atoms with Crippen LogP contribution >= 0.6 is 22.9 Å². The molecule has 0 N–H and O–H groups in total. The topological polar surface area (TPSA) is 45.7 Å². The Morgan fingerprint density at radius 3 is 2.26 bits per heavy atom. The molecule has 0 bridgehead atoms. The van der Waals surface area contributed by atoms with E-state index in [1.54, 1.807) is 0 Å². The van der Waals surface area contributed by atoms with Crippen molar-refractivity contribution >= 4 is 44.2 Å². The van der Waals surface area contributed by atoms with Crippen LogP contribution in [-0.4, -0.2) is 42.0 Å². The number of nitrogens with zero attached hydrogens (tertiary/aromatic N) is 3. The van der Waals surface area contributed by atoms with Gasteiger partial charge in [0.1, 0.15) is 11.5 Å². The van der Waals surface area contributed by atoms with Crippen molar-refractivity contribution in [1.29, 1.82) is 0 Å². The molecule has 0 spiro atoms. The summed E-state index contributed by atoms with van der Waals surface area (Å²) < 4.78 is 7.10. The first-order chi connectivity index (χ1) is 16.6. The number of para-hydroxylation sites is 2. The zero-order valence-corrected chi connectivity index (χ0v) is 20.8. The van der Waals surface area contributed by atoms with Crippen LogP contribution in [0.15, 0.2) is 66.7 Å². The van der Waals surface area contributed by atoms with Gasteiger partial charge in [-0.15, -0.1) is 0 Å². The summed E-state index contributed by atoms with van der Waals surface area (Å²) in [6, 6.07) is 21.2. The Morgan fingerprint density at radius 1 is 0.971 bits per heavy atom. The summed E-state index contributed by atoms with van der Waals surface area (Å²) in [5.74, 6) is 0.979. The molecule has 174 valence electrons. The molecule has 7 heteroatoms. The molecule has 3 aromatic carbocycles. The number of aromatic nitrogens is 1. The molecule has 1 aliphatic rings. The van der Waals surface area contributed by atoms with Crippen LogP contribution in [0.4, 0.5) is 5.13 Å². The maximum Gasteiger partial charge on any atom is 0.241 e. The molecule has 0 radical (unpaired) electrons. The van der Waals surface area contributed by atoms with Crippen LogP contribution in [0.2, 0.25) is 5.02 Å². The van der Waals surface area contributed by atoms with Crippen LogP contribution in [0.3, 0.4) is 0 Å².